The summed E-state index contributed by atoms with van der Waals surface area (Å²) in [5, 5.41) is 7.99. The van der Waals surface area contributed by atoms with Gasteiger partial charge < -0.3 is 15.5 Å². The molecule has 0 saturated heterocycles. The first-order chi connectivity index (χ1) is 11.0. The van der Waals surface area contributed by atoms with Crippen molar-refractivity contribution >= 4 is 17.3 Å². The number of aryl methyl sites for hydroxylation is 2. The lowest BCUT2D eigenvalue weighted by Crippen LogP contribution is -2.42. The highest BCUT2D eigenvalue weighted by Crippen LogP contribution is 2.16. The summed E-state index contributed by atoms with van der Waals surface area (Å²) >= 11 is 1.75. The molecular weight excluding hydrogens is 306 g/mol. The van der Waals surface area contributed by atoms with Gasteiger partial charge in [-0.3, -0.25) is 4.99 Å². The van der Waals surface area contributed by atoms with E-state index in [0.29, 0.717) is 6.04 Å². The van der Waals surface area contributed by atoms with Gasteiger partial charge >= 0.3 is 0 Å². The van der Waals surface area contributed by atoms with Crippen LogP contribution in [-0.4, -0.2) is 48.6 Å². The first-order valence-electron chi connectivity index (χ1n) is 8.62. The van der Waals surface area contributed by atoms with Gasteiger partial charge in [-0.15, -0.1) is 11.3 Å². The minimum Gasteiger partial charge on any atom is -0.354 e. The van der Waals surface area contributed by atoms with E-state index in [1.54, 1.807) is 11.3 Å². The molecule has 1 aromatic rings. The molecule has 0 spiro atoms. The Balaban J connectivity index is 2.33. The zero-order valence-electron chi connectivity index (χ0n) is 15.6. The quantitative estimate of drug-likeness (QED) is 0.536. The fraction of sp³-hybridized carbons (Fsp3) is 0.765. The van der Waals surface area contributed by atoms with E-state index in [1.807, 2.05) is 14.0 Å². The number of hydrogen-bond donors (Lipinski definition) is 2. The molecule has 2 N–H and O–H groups in total. The third kappa shape index (κ3) is 7.31. The third-order valence-electron chi connectivity index (χ3n) is 4.03. The van der Waals surface area contributed by atoms with Crippen LogP contribution in [0.1, 0.15) is 49.2 Å². The summed E-state index contributed by atoms with van der Waals surface area (Å²) in [6.07, 6.45) is 2.36. The first-order valence-corrected chi connectivity index (χ1v) is 9.44. The fourth-order valence-electron chi connectivity index (χ4n) is 2.56. The molecule has 1 atom stereocenters. The van der Waals surface area contributed by atoms with Crippen molar-refractivity contribution in [2.24, 2.45) is 4.99 Å². The summed E-state index contributed by atoms with van der Waals surface area (Å²) < 4.78 is 0. The van der Waals surface area contributed by atoms with Crippen molar-refractivity contribution in [3.05, 3.63) is 15.6 Å². The highest BCUT2D eigenvalue weighted by atomic mass is 32.1. The van der Waals surface area contributed by atoms with Crippen LogP contribution in [-0.2, 0) is 6.54 Å². The number of aromatic nitrogens is 1. The molecule has 1 unspecified atom stereocenters. The Labute approximate surface area is 145 Å². The molecule has 0 radical (unpaired) electrons. The van der Waals surface area contributed by atoms with Crippen molar-refractivity contribution in [2.75, 3.05) is 26.7 Å². The molecular formula is C17H33N5S. The Kier molecular flexibility index (Phi) is 9.17. The highest BCUT2D eigenvalue weighted by Gasteiger charge is 2.09. The SMILES string of the molecule is CCN(CC)CCCC(C)NC(=NC)NCc1sc(C)nc1C. The van der Waals surface area contributed by atoms with E-state index >= 15 is 0 Å². The minimum atomic E-state index is 0.418. The Morgan fingerprint density at radius 2 is 2.00 bits per heavy atom. The van der Waals surface area contributed by atoms with Crippen molar-refractivity contribution < 1.29 is 0 Å². The zero-order valence-corrected chi connectivity index (χ0v) is 16.4. The number of thiazole rings is 1. The van der Waals surface area contributed by atoms with E-state index in [4.69, 9.17) is 0 Å². The van der Waals surface area contributed by atoms with Gasteiger partial charge in [0.05, 0.1) is 17.2 Å². The molecule has 1 aromatic heterocycles. The number of rotatable bonds is 9. The van der Waals surface area contributed by atoms with Gasteiger partial charge in [-0.05, 0) is 53.2 Å². The van der Waals surface area contributed by atoms with E-state index in [-0.39, 0.29) is 0 Å². The molecule has 6 heteroatoms. The van der Waals surface area contributed by atoms with Gasteiger partial charge in [-0.2, -0.15) is 0 Å². The minimum absolute atomic E-state index is 0.418. The fourth-order valence-corrected chi connectivity index (χ4v) is 3.44. The van der Waals surface area contributed by atoms with Crippen molar-refractivity contribution in [3.63, 3.8) is 0 Å². The van der Waals surface area contributed by atoms with Gasteiger partial charge in [0.25, 0.3) is 0 Å². The average molecular weight is 340 g/mol. The van der Waals surface area contributed by atoms with E-state index in [9.17, 15) is 0 Å². The second kappa shape index (κ2) is 10.6. The maximum Gasteiger partial charge on any atom is 0.191 e. The van der Waals surface area contributed by atoms with Gasteiger partial charge in [0, 0.05) is 18.0 Å². The van der Waals surface area contributed by atoms with Crippen LogP contribution < -0.4 is 10.6 Å². The van der Waals surface area contributed by atoms with Gasteiger partial charge in [0.1, 0.15) is 0 Å². The van der Waals surface area contributed by atoms with E-state index in [1.165, 1.54) is 17.8 Å². The van der Waals surface area contributed by atoms with Gasteiger partial charge in [-0.25, -0.2) is 4.98 Å². The van der Waals surface area contributed by atoms with Crippen LogP contribution in [0.25, 0.3) is 0 Å². The molecule has 0 aliphatic rings. The average Bonchev–Trinajstić information content (AvgIpc) is 2.85. The monoisotopic (exact) mass is 339 g/mol. The smallest absolute Gasteiger partial charge is 0.191 e. The summed E-state index contributed by atoms with van der Waals surface area (Å²) in [4.78, 5) is 12.5. The molecule has 0 fully saturated rings. The van der Waals surface area contributed by atoms with Gasteiger partial charge in [0.2, 0.25) is 0 Å². The summed E-state index contributed by atoms with van der Waals surface area (Å²) in [6.45, 7) is 15.0. The number of hydrogen-bond acceptors (Lipinski definition) is 4. The van der Waals surface area contributed by atoms with E-state index < -0.39 is 0 Å². The lowest BCUT2D eigenvalue weighted by atomic mass is 10.2. The maximum absolute atomic E-state index is 4.46. The van der Waals surface area contributed by atoms with Crippen molar-refractivity contribution in [2.45, 2.75) is 60.0 Å². The number of aliphatic imine (C=N–C) groups is 1. The standard InChI is InChI=1S/C17H33N5S/c1-7-22(8-2)11-9-10-13(3)20-17(18-6)19-12-16-14(4)21-15(5)23-16/h13H,7-12H2,1-6H3,(H2,18,19,20). The summed E-state index contributed by atoms with van der Waals surface area (Å²) in [6, 6.07) is 0.418. The van der Waals surface area contributed by atoms with E-state index in [2.05, 4.69) is 53.2 Å². The second-order valence-electron chi connectivity index (χ2n) is 5.88. The molecule has 5 nitrogen and oxygen atoms in total. The third-order valence-corrected chi connectivity index (χ3v) is 5.10. The van der Waals surface area contributed by atoms with Crippen molar-refractivity contribution in [1.82, 2.24) is 20.5 Å². The molecule has 0 bridgehead atoms. The van der Waals surface area contributed by atoms with Crippen LogP contribution in [0, 0.1) is 13.8 Å². The first kappa shape index (κ1) is 19.9. The number of nitrogens with zero attached hydrogens (tertiary/aromatic N) is 3. The van der Waals surface area contributed by atoms with Crippen LogP contribution in [0.4, 0.5) is 0 Å². The predicted molar refractivity (Wildman–Crippen MR) is 101 cm³/mol. The Morgan fingerprint density at radius 3 is 2.52 bits per heavy atom. The number of guanidine groups is 1. The molecule has 0 aliphatic carbocycles. The summed E-state index contributed by atoms with van der Waals surface area (Å²) in [5.41, 5.74) is 1.11. The Morgan fingerprint density at radius 1 is 1.30 bits per heavy atom. The molecule has 0 aromatic carbocycles. The van der Waals surface area contributed by atoms with Crippen LogP contribution >= 0.6 is 11.3 Å². The molecule has 1 heterocycles. The van der Waals surface area contributed by atoms with Gasteiger partial charge in [0.15, 0.2) is 5.96 Å². The predicted octanol–water partition coefficient (Wildman–Crippen LogP) is 2.94. The molecule has 1 rings (SSSR count). The lowest BCUT2D eigenvalue weighted by Gasteiger charge is -2.21. The molecule has 132 valence electrons. The van der Waals surface area contributed by atoms with Crippen LogP contribution in [0.2, 0.25) is 0 Å². The Bertz CT molecular complexity index is 479. The lowest BCUT2D eigenvalue weighted by molar-refractivity contribution is 0.292. The second-order valence-corrected chi connectivity index (χ2v) is 7.17. The van der Waals surface area contributed by atoms with E-state index in [0.717, 1.165) is 42.7 Å². The normalized spacial score (nSPS) is 13.4. The van der Waals surface area contributed by atoms with Crippen LogP contribution in [0.3, 0.4) is 0 Å². The molecule has 0 aliphatic heterocycles. The van der Waals surface area contributed by atoms with Gasteiger partial charge in [-0.1, -0.05) is 13.8 Å². The van der Waals surface area contributed by atoms with Crippen molar-refractivity contribution in [3.8, 4) is 0 Å². The topological polar surface area (TPSA) is 52.5 Å². The zero-order chi connectivity index (χ0) is 17.2. The summed E-state index contributed by atoms with van der Waals surface area (Å²) in [7, 11) is 1.82. The van der Waals surface area contributed by atoms with Crippen molar-refractivity contribution in [1.29, 1.82) is 0 Å². The molecule has 23 heavy (non-hydrogen) atoms. The Hall–Kier alpha value is -1.14. The molecule has 0 saturated carbocycles. The molecule has 0 amide bonds. The van der Waals surface area contributed by atoms with Crippen LogP contribution in [0.5, 0.6) is 0 Å². The largest absolute Gasteiger partial charge is 0.354 e. The van der Waals surface area contributed by atoms with Crippen LogP contribution in [0.15, 0.2) is 4.99 Å². The highest BCUT2D eigenvalue weighted by molar-refractivity contribution is 7.11. The number of nitrogens with one attached hydrogen (secondary N) is 2. The summed E-state index contributed by atoms with van der Waals surface area (Å²) in [5.74, 6) is 0.866. The maximum atomic E-state index is 4.46.